The predicted molar refractivity (Wildman–Crippen MR) is 111 cm³/mol. The topological polar surface area (TPSA) is 71.7 Å². The van der Waals surface area contributed by atoms with E-state index in [0.29, 0.717) is 6.54 Å². The number of hydrogen-bond donors (Lipinski definition) is 2. The van der Waals surface area contributed by atoms with Gasteiger partial charge < -0.3 is 19.8 Å². The van der Waals surface area contributed by atoms with Crippen LogP contribution in [0.2, 0.25) is 0 Å². The fourth-order valence-electron chi connectivity index (χ4n) is 2.57. The van der Waals surface area contributed by atoms with Crippen LogP contribution in [0, 0.1) is 6.92 Å². The molecule has 3 rings (SSSR count). The van der Waals surface area contributed by atoms with Gasteiger partial charge in [-0.1, -0.05) is 0 Å². The molecule has 0 saturated carbocycles. The van der Waals surface area contributed by atoms with E-state index in [4.69, 9.17) is 9.15 Å². The quantitative estimate of drug-likeness (QED) is 0.365. The van der Waals surface area contributed by atoms with Gasteiger partial charge in [-0.15, -0.1) is 35.3 Å². The Labute approximate surface area is 169 Å². The zero-order valence-electron chi connectivity index (χ0n) is 14.4. The van der Waals surface area contributed by atoms with E-state index in [9.17, 15) is 0 Å². The minimum atomic E-state index is 0. The van der Waals surface area contributed by atoms with E-state index in [1.54, 1.807) is 17.6 Å². The lowest BCUT2D eigenvalue weighted by Gasteiger charge is -2.15. The SMILES string of the molecule is Cc1cnc(CN=C(NCCc2ccco2)NCC2CCCO2)s1.I. The maximum atomic E-state index is 5.66. The lowest BCUT2D eigenvalue weighted by Crippen LogP contribution is -2.41. The Kier molecular flexibility index (Phi) is 8.70. The number of hydrogen-bond acceptors (Lipinski definition) is 5. The summed E-state index contributed by atoms with van der Waals surface area (Å²) in [6, 6.07) is 3.89. The van der Waals surface area contributed by atoms with E-state index in [1.807, 2.05) is 18.3 Å². The Morgan fingerprint density at radius 1 is 1.44 bits per heavy atom. The molecular weight excluding hydrogens is 451 g/mol. The Morgan fingerprint density at radius 3 is 3.04 bits per heavy atom. The molecule has 1 fully saturated rings. The second kappa shape index (κ2) is 10.8. The number of thiazole rings is 1. The number of furan rings is 1. The molecular formula is C17H25IN4O2S. The van der Waals surface area contributed by atoms with Crippen LogP contribution in [-0.2, 0) is 17.7 Å². The summed E-state index contributed by atoms with van der Waals surface area (Å²) >= 11 is 1.68. The van der Waals surface area contributed by atoms with Crippen molar-refractivity contribution in [2.45, 2.75) is 38.8 Å². The van der Waals surface area contributed by atoms with Gasteiger partial charge >= 0.3 is 0 Å². The lowest BCUT2D eigenvalue weighted by atomic mass is 10.2. The number of aryl methyl sites for hydroxylation is 1. The van der Waals surface area contributed by atoms with Gasteiger partial charge in [0.1, 0.15) is 10.8 Å². The number of ether oxygens (including phenoxy) is 1. The molecule has 25 heavy (non-hydrogen) atoms. The molecule has 1 aliphatic heterocycles. The third-order valence-electron chi connectivity index (χ3n) is 3.81. The van der Waals surface area contributed by atoms with Crippen LogP contribution in [-0.4, -0.2) is 36.7 Å². The molecule has 2 aromatic heterocycles. The number of aromatic nitrogens is 1. The van der Waals surface area contributed by atoms with Crippen molar-refractivity contribution in [2.24, 2.45) is 4.99 Å². The van der Waals surface area contributed by atoms with Crippen LogP contribution in [0.1, 0.15) is 28.5 Å². The van der Waals surface area contributed by atoms with Crippen molar-refractivity contribution in [3.05, 3.63) is 40.2 Å². The number of nitrogens with zero attached hydrogens (tertiary/aromatic N) is 2. The van der Waals surface area contributed by atoms with Crippen molar-refractivity contribution >= 4 is 41.3 Å². The van der Waals surface area contributed by atoms with Crippen LogP contribution < -0.4 is 10.6 Å². The molecule has 8 heteroatoms. The van der Waals surface area contributed by atoms with E-state index in [0.717, 1.165) is 55.7 Å². The highest BCUT2D eigenvalue weighted by Crippen LogP contribution is 2.12. The molecule has 138 valence electrons. The molecule has 1 atom stereocenters. The van der Waals surface area contributed by atoms with Crippen LogP contribution in [0.15, 0.2) is 34.0 Å². The second-order valence-electron chi connectivity index (χ2n) is 5.80. The third kappa shape index (κ3) is 6.95. The largest absolute Gasteiger partial charge is 0.469 e. The van der Waals surface area contributed by atoms with Crippen molar-refractivity contribution in [1.82, 2.24) is 15.6 Å². The third-order valence-corrected chi connectivity index (χ3v) is 4.70. The Morgan fingerprint density at radius 2 is 2.36 bits per heavy atom. The van der Waals surface area contributed by atoms with Crippen molar-refractivity contribution in [3.63, 3.8) is 0 Å². The maximum absolute atomic E-state index is 5.66. The summed E-state index contributed by atoms with van der Waals surface area (Å²) in [6.07, 6.45) is 6.94. The summed E-state index contributed by atoms with van der Waals surface area (Å²) in [5, 5.41) is 7.76. The summed E-state index contributed by atoms with van der Waals surface area (Å²) in [7, 11) is 0. The van der Waals surface area contributed by atoms with E-state index < -0.39 is 0 Å². The number of guanidine groups is 1. The fourth-order valence-corrected chi connectivity index (χ4v) is 3.28. The molecule has 0 bridgehead atoms. The average Bonchev–Trinajstić information content (AvgIpc) is 3.32. The van der Waals surface area contributed by atoms with Gasteiger partial charge in [0.2, 0.25) is 0 Å². The molecule has 2 aromatic rings. The van der Waals surface area contributed by atoms with Gasteiger partial charge in [0.15, 0.2) is 5.96 Å². The first-order valence-corrected chi connectivity index (χ1v) is 9.19. The molecule has 0 radical (unpaired) electrons. The minimum absolute atomic E-state index is 0. The molecule has 0 amide bonds. The van der Waals surface area contributed by atoms with E-state index in [-0.39, 0.29) is 30.1 Å². The Bertz CT molecular complexity index is 639. The van der Waals surface area contributed by atoms with Gasteiger partial charge in [0.05, 0.1) is 18.9 Å². The van der Waals surface area contributed by atoms with E-state index >= 15 is 0 Å². The predicted octanol–water partition coefficient (Wildman–Crippen LogP) is 3.12. The van der Waals surface area contributed by atoms with Crippen LogP contribution >= 0.6 is 35.3 Å². The van der Waals surface area contributed by atoms with Crippen molar-refractivity contribution in [2.75, 3.05) is 19.7 Å². The first-order valence-electron chi connectivity index (χ1n) is 8.37. The van der Waals surface area contributed by atoms with E-state index in [1.165, 1.54) is 4.88 Å². The van der Waals surface area contributed by atoms with Crippen LogP contribution in [0.4, 0.5) is 0 Å². The molecule has 0 spiro atoms. The smallest absolute Gasteiger partial charge is 0.191 e. The second-order valence-corrected chi connectivity index (χ2v) is 7.12. The molecule has 6 nitrogen and oxygen atoms in total. The summed E-state index contributed by atoms with van der Waals surface area (Å²) in [6.45, 7) is 5.05. The van der Waals surface area contributed by atoms with Gasteiger partial charge in [0, 0.05) is 37.2 Å². The zero-order valence-corrected chi connectivity index (χ0v) is 17.5. The summed E-state index contributed by atoms with van der Waals surface area (Å²) < 4.78 is 11.0. The molecule has 0 aromatic carbocycles. The number of nitrogens with one attached hydrogen (secondary N) is 2. The van der Waals surface area contributed by atoms with Crippen molar-refractivity contribution in [3.8, 4) is 0 Å². The highest BCUT2D eigenvalue weighted by molar-refractivity contribution is 14.0. The van der Waals surface area contributed by atoms with Gasteiger partial charge in [0.25, 0.3) is 0 Å². The number of rotatable bonds is 7. The van der Waals surface area contributed by atoms with E-state index in [2.05, 4.69) is 27.5 Å². The fraction of sp³-hybridized carbons (Fsp3) is 0.529. The standard InChI is InChI=1S/C17H24N4O2S.HI/c1-13-10-19-16(24-13)12-21-17(20-11-15-5-3-9-23-15)18-7-6-14-4-2-8-22-14;/h2,4,8,10,15H,3,5-7,9,11-12H2,1H3,(H2,18,20,21);1H. The molecule has 3 heterocycles. The van der Waals surface area contributed by atoms with Crippen LogP contribution in [0.3, 0.4) is 0 Å². The van der Waals surface area contributed by atoms with Crippen molar-refractivity contribution in [1.29, 1.82) is 0 Å². The molecule has 0 aliphatic carbocycles. The first kappa shape index (κ1) is 20.2. The van der Waals surface area contributed by atoms with Gasteiger partial charge in [-0.25, -0.2) is 9.98 Å². The van der Waals surface area contributed by atoms with Gasteiger partial charge in [-0.05, 0) is 31.9 Å². The number of aliphatic imine (C=N–C) groups is 1. The maximum Gasteiger partial charge on any atom is 0.191 e. The minimum Gasteiger partial charge on any atom is -0.469 e. The van der Waals surface area contributed by atoms with Gasteiger partial charge in [-0.2, -0.15) is 0 Å². The Hall–Kier alpha value is -1.13. The molecule has 1 saturated heterocycles. The average molecular weight is 476 g/mol. The van der Waals surface area contributed by atoms with Crippen LogP contribution in [0.25, 0.3) is 0 Å². The highest BCUT2D eigenvalue weighted by Gasteiger charge is 2.15. The first-order chi connectivity index (χ1) is 11.8. The Balaban J connectivity index is 0.00000225. The highest BCUT2D eigenvalue weighted by atomic mass is 127. The monoisotopic (exact) mass is 476 g/mol. The zero-order chi connectivity index (χ0) is 16.6. The molecule has 1 unspecified atom stereocenters. The summed E-state index contributed by atoms with van der Waals surface area (Å²) in [5.41, 5.74) is 0. The number of halogens is 1. The molecule has 2 N–H and O–H groups in total. The summed E-state index contributed by atoms with van der Waals surface area (Å²) in [5.74, 6) is 1.77. The lowest BCUT2D eigenvalue weighted by molar-refractivity contribution is 0.114. The summed E-state index contributed by atoms with van der Waals surface area (Å²) in [4.78, 5) is 10.2. The van der Waals surface area contributed by atoms with Crippen molar-refractivity contribution < 1.29 is 9.15 Å². The normalized spacial score (nSPS) is 17.3. The molecule has 1 aliphatic rings. The van der Waals surface area contributed by atoms with Crippen LogP contribution in [0.5, 0.6) is 0 Å². The van der Waals surface area contributed by atoms with Gasteiger partial charge in [-0.3, -0.25) is 0 Å².